The van der Waals surface area contributed by atoms with Crippen LogP contribution in [-0.2, 0) is 9.59 Å². The third-order valence-corrected chi connectivity index (χ3v) is 6.00. The van der Waals surface area contributed by atoms with Gasteiger partial charge in [0, 0.05) is 42.0 Å². The fourth-order valence-electron chi connectivity index (χ4n) is 3.77. The largest absolute Gasteiger partial charge is 0.493 e. The van der Waals surface area contributed by atoms with Crippen molar-refractivity contribution in [2.24, 2.45) is 0 Å². The molecular weight excluding hydrogens is 479 g/mol. The van der Waals surface area contributed by atoms with E-state index in [-0.39, 0.29) is 17.5 Å². The van der Waals surface area contributed by atoms with E-state index in [9.17, 15) is 14.0 Å². The molecule has 2 aromatic carbocycles. The minimum Gasteiger partial charge on any atom is -0.493 e. The Morgan fingerprint density at radius 2 is 1.76 bits per heavy atom. The van der Waals surface area contributed by atoms with Crippen LogP contribution in [0.3, 0.4) is 0 Å². The zero-order valence-corrected chi connectivity index (χ0v) is 21.8. The Balaban J connectivity index is 1.64. The van der Waals surface area contributed by atoms with Gasteiger partial charge in [-0.05, 0) is 57.6 Å². The summed E-state index contributed by atoms with van der Waals surface area (Å²) in [5, 5.41) is 5.62. The predicted octanol–water partition coefficient (Wildman–Crippen LogP) is 4.36. The molecule has 1 atom stereocenters. The molecule has 0 saturated carbocycles. The summed E-state index contributed by atoms with van der Waals surface area (Å²) in [5.74, 6) is -1.07. The maximum atomic E-state index is 14.8. The first-order valence-electron chi connectivity index (χ1n) is 12.0. The van der Waals surface area contributed by atoms with Crippen molar-refractivity contribution in [3.8, 4) is 23.0 Å². The summed E-state index contributed by atoms with van der Waals surface area (Å²) in [5.41, 5.74) is 0.712. The summed E-state index contributed by atoms with van der Waals surface area (Å²) in [4.78, 5) is 30.9. The van der Waals surface area contributed by atoms with Gasteiger partial charge in [-0.15, -0.1) is 0 Å². The van der Waals surface area contributed by atoms with Crippen molar-refractivity contribution in [2.45, 2.75) is 32.7 Å². The Kier molecular flexibility index (Phi) is 9.62. The summed E-state index contributed by atoms with van der Waals surface area (Å²) in [6, 6.07) is 9.20. The monoisotopic (exact) mass is 512 g/mol. The highest BCUT2D eigenvalue weighted by molar-refractivity contribution is 6.39. The van der Waals surface area contributed by atoms with Crippen molar-refractivity contribution >= 4 is 28.4 Å². The van der Waals surface area contributed by atoms with Crippen molar-refractivity contribution < 1.29 is 28.2 Å². The maximum Gasteiger partial charge on any atom is 0.313 e. The Morgan fingerprint density at radius 1 is 1.03 bits per heavy atom. The van der Waals surface area contributed by atoms with Gasteiger partial charge in [0.15, 0.2) is 23.1 Å². The third-order valence-electron chi connectivity index (χ3n) is 6.00. The molecule has 3 aromatic rings. The summed E-state index contributed by atoms with van der Waals surface area (Å²) < 4.78 is 31.3. The van der Waals surface area contributed by atoms with Gasteiger partial charge in [0.1, 0.15) is 5.75 Å². The van der Waals surface area contributed by atoms with Crippen LogP contribution in [-0.4, -0.2) is 62.1 Å². The van der Waals surface area contributed by atoms with Gasteiger partial charge in [-0.2, -0.15) is 0 Å². The smallest absolute Gasteiger partial charge is 0.313 e. The number of anilines is 1. The number of carbonyl (C=O) groups is 2. The molecule has 9 nitrogen and oxygen atoms in total. The number of nitrogens with zero attached hydrogens (tertiary/aromatic N) is 2. The van der Waals surface area contributed by atoms with E-state index in [0.717, 1.165) is 19.0 Å². The van der Waals surface area contributed by atoms with Crippen LogP contribution in [0.15, 0.2) is 42.6 Å². The lowest BCUT2D eigenvalue weighted by atomic mass is 10.2. The molecule has 0 saturated heterocycles. The van der Waals surface area contributed by atoms with Gasteiger partial charge in [-0.1, -0.05) is 6.92 Å². The Labute approximate surface area is 215 Å². The summed E-state index contributed by atoms with van der Waals surface area (Å²) >= 11 is 0. The molecule has 198 valence electrons. The number of amides is 2. The van der Waals surface area contributed by atoms with E-state index in [4.69, 9.17) is 14.2 Å². The Morgan fingerprint density at radius 3 is 2.43 bits per heavy atom. The fourth-order valence-corrected chi connectivity index (χ4v) is 3.77. The van der Waals surface area contributed by atoms with E-state index in [1.54, 1.807) is 18.2 Å². The number of fused-ring (bicyclic) bond motifs is 1. The van der Waals surface area contributed by atoms with Crippen LogP contribution in [0, 0.1) is 5.82 Å². The lowest BCUT2D eigenvalue weighted by Gasteiger charge is -2.24. The summed E-state index contributed by atoms with van der Waals surface area (Å²) in [6.07, 6.45) is 3.29. The van der Waals surface area contributed by atoms with E-state index in [2.05, 4.69) is 34.4 Å². The van der Waals surface area contributed by atoms with Crippen LogP contribution in [0.1, 0.15) is 26.7 Å². The molecule has 0 radical (unpaired) electrons. The number of nitrogens with one attached hydrogen (secondary N) is 2. The van der Waals surface area contributed by atoms with Gasteiger partial charge in [-0.25, -0.2) is 4.39 Å². The molecule has 2 N–H and O–H groups in total. The van der Waals surface area contributed by atoms with Crippen molar-refractivity contribution in [3.63, 3.8) is 0 Å². The number of carbonyl (C=O) groups excluding carboxylic acids is 2. The number of halogens is 1. The van der Waals surface area contributed by atoms with E-state index in [1.807, 2.05) is 7.05 Å². The highest BCUT2D eigenvalue weighted by Crippen LogP contribution is 2.37. The second kappa shape index (κ2) is 12.9. The molecule has 2 amide bonds. The predicted molar refractivity (Wildman–Crippen MR) is 140 cm³/mol. The number of hydrogen-bond donors (Lipinski definition) is 2. The molecule has 37 heavy (non-hydrogen) atoms. The quantitative estimate of drug-likeness (QED) is 0.368. The first-order chi connectivity index (χ1) is 17.8. The molecule has 0 bridgehead atoms. The zero-order valence-electron chi connectivity index (χ0n) is 21.8. The van der Waals surface area contributed by atoms with Gasteiger partial charge in [0.2, 0.25) is 0 Å². The van der Waals surface area contributed by atoms with Gasteiger partial charge in [0.05, 0.1) is 19.7 Å². The molecular formula is C27H33FN4O5. The highest BCUT2D eigenvalue weighted by atomic mass is 19.1. The lowest BCUT2D eigenvalue weighted by molar-refractivity contribution is -0.136. The van der Waals surface area contributed by atoms with Crippen LogP contribution in [0.2, 0.25) is 0 Å². The van der Waals surface area contributed by atoms with Gasteiger partial charge in [-0.3, -0.25) is 14.6 Å². The van der Waals surface area contributed by atoms with Crippen LogP contribution in [0.4, 0.5) is 10.1 Å². The van der Waals surface area contributed by atoms with Crippen LogP contribution >= 0.6 is 0 Å². The van der Waals surface area contributed by atoms with E-state index in [0.29, 0.717) is 41.1 Å². The molecule has 0 spiro atoms. The molecule has 10 heteroatoms. The normalized spacial score (nSPS) is 11.8. The summed E-state index contributed by atoms with van der Waals surface area (Å²) in [6.45, 7) is 5.49. The standard InChI is InChI=1S/C27H33FN4O5/c1-6-13-32(3)17(2)9-11-30-26(33)27(34)31-18-7-8-23(20(28)14-18)37-22-10-12-29-21-16-25(36-5)24(35-4)15-19(21)22/h7-8,10,12,14-17H,6,9,11,13H2,1-5H3,(H,30,33)(H,31,34). The first kappa shape index (κ1) is 27.7. The average Bonchev–Trinajstić information content (AvgIpc) is 2.89. The molecule has 1 aromatic heterocycles. The number of methoxy groups -OCH3 is 2. The minimum absolute atomic E-state index is 0.0603. The van der Waals surface area contributed by atoms with Gasteiger partial charge >= 0.3 is 11.8 Å². The third kappa shape index (κ3) is 7.07. The number of hydrogen-bond acceptors (Lipinski definition) is 7. The van der Waals surface area contributed by atoms with Crippen LogP contribution in [0.5, 0.6) is 23.0 Å². The van der Waals surface area contributed by atoms with E-state index < -0.39 is 17.6 Å². The molecule has 1 unspecified atom stereocenters. The Hall–Kier alpha value is -3.92. The van der Waals surface area contributed by atoms with E-state index >= 15 is 0 Å². The SMILES string of the molecule is CCCN(C)C(C)CCNC(=O)C(=O)Nc1ccc(Oc2ccnc3cc(OC)c(OC)cc23)c(F)c1. The molecule has 0 fully saturated rings. The summed E-state index contributed by atoms with van der Waals surface area (Å²) in [7, 11) is 5.06. The van der Waals surface area contributed by atoms with Gasteiger partial charge < -0.3 is 29.7 Å². The number of pyridine rings is 1. The number of benzene rings is 2. The number of rotatable bonds is 11. The number of ether oxygens (including phenoxy) is 3. The first-order valence-corrected chi connectivity index (χ1v) is 12.0. The van der Waals surface area contributed by atoms with Crippen LogP contribution < -0.4 is 24.8 Å². The van der Waals surface area contributed by atoms with Gasteiger partial charge in [0.25, 0.3) is 0 Å². The van der Waals surface area contributed by atoms with Crippen molar-refractivity contribution in [1.82, 2.24) is 15.2 Å². The Bertz CT molecular complexity index is 1250. The van der Waals surface area contributed by atoms with Crippen molar-refractivity contribution in [1.29, 1.82) is 0 Å². The molecule has 1 heterocycles. The molecule has 3 rings (SSSR count). The second-order valence-electron chi connectivity index (χ2n) is 8.61. The van der Waals surface area contributed by atoms with Crippen LogP contribution in [0.25, 0.3) is 10.9 Å². The average molecular weight is 513 g/mol. The molecule has 0 aliphatic carbocycles. The van der Waals surface area contributed by atoms with Crippen molar-refractivity contribution in [3.05, 3.63) is 48.4 Å². The van der Waals surface area contributed by atoms with E-state index in [1.165, 1.54) is 32.5 Å². The molecule has 0 aliphatic rings. The minimum atomic E-state index is -0.871. The molecule has 0 aliphatic heterocycles. The second-order valence-corrected chi connectivity index (χ2v) is 8.61. The van der Waals surface area contributed by atoms with Crippen molar-refractivity contribution in [2.75, 3.05) is 39.7 Å². The number of aromatic nitrogens is 1. The fraction of sp³-hybridized carbons (Fsp3) is 0.370. The topological polar surface area (TPSA) is 102 Å². The maximum absolute atomic E-state index is 14.8. The lowest BCUT2D eigenvalue weighted by Crippen LogP contribution is -2.38. The zero-order chi connectivity index (χ0) is 26.9. The highest BCUT2D eigenvalue weighted by Gasteiger charge is 2.17.